The van der Waals surface area contributed by atoms with Crippen LogP contribution in [0.2, 0.25) is 0 Å². The monoisotopic (exact) mass is 367 g/mol. The first-order valence-electron chi connectivity index (χ1n) is 7.36. The van der Waals surface area contributed by atoms with Gasteiger partial charge in [-0.05, 0) is 44.0 Å². The summed E-state index contributed by atoms with van der Waals surface area (Å²) in [4.78, 5) is 17.7. The van der Waals surface area contributed by atoms with Crippen LogP contribution >= 0.6 is 11.3 Å². The van der Waals surface area contributed by atoms with Gasteiger partial charge < -0.3 is 5.32 Å². The normalized spacial score (nSPS) is 11.8. The van der Waals surface area contributed by atoms with Crippen molar-refractivity contribution in [3.63, 3.8) is 0 Å². The van der Waals surface area contributed by atoms with Crippen LogP contribution in [0, 0.1) is 20.8 Å². The molecule has 8 heteroatoms. The summed E-state index contributed by atoms with van der Waals surface area (Å²) in [5, 5.41) is 3.74. The first kappa shape index (κ1) is 18.6. The number of sulfonamides is 1. The molecular formula is C16H21N3O3S2. The van der Waals surface area contributed by atoms with E-state index < -0.39 is 10.0 Å². The van der Waals surface area contributed by atoms with Crippen molar-refractivity contribution in [2.24, 2.45) is 0 Å². The maximum Gasteiger partial charge on any atom is 0.251 e. The van der Waals surface area contributed by atoms with Crippen LogP contribution < -0.4 is 5.32 Å². The maximum absolute atomic E-state index is 12.4. The van der Waals surface area contributed by atoms with Crippen LogP contribution in [-0.4, -0.2) is 37.7 Å². The highest BCUT2D eigenvalue weighted by molar-refractivity contribution is 7.89. The Bertz CT molecular complexity index is 871. The number of nitrogens with zero attached hydrogens (tertiary/aromatic N) is 2. The molecular weight excluding hydrogens is 346 g/mol. The van der Waals surface area contributed by atoms with E-state index in [9.17, 15) is 13.2 Å². The van der Waals surface area contributed by atoms with E-state index >= 15 is 0 Å². The summed E-state index contributed by atoms with van der Waals surface area (Å²) in [7, 11) is -0.654. The summed E-state index contributed by atoms with van der Waals surface area (Å²) in [6.45, 7) is 5.81. The Labute approximate surface area is 146 Å². The van der Waals surface area contributed by atoms with Gasteiger partial charge in [0.15, 0.2) is 0 Å². The van der Waals surface area contributed by atoms with Gasteiger partial charge in [0.25, 0.3) is 5.91 Å². The molecule has 0 saturated heterocycles. The van der Waals surface area contributed by atoms with Gasteiger partial charge in [-0.2, -0.15) is 0 Å². The fraction of sp³-hybridized carbons (Fsp3) is 0.375. The summed E-state index contributed by atoms with van der Waals surface area (Å²) in [5.41, 5.74) is 1.75. The average Bonchev–Trinajstić information content (AvgIpc) is 2.92. The summed E-state index contributed by atoms with van der Waals surface area (Å²) in [6, 6.07) is 3.14. The summed E-state index contributed by atoms with van der Waals surface area (Å²) < 4.78 is 26.0. The second kappa shape index (κ2) is 7.00. The number of thiazole rings is 1. The van der Waals surface area contributed by atoms with E-state index in [1.54, 1.807) is 26.1 Å². The molecule has 1 N–H and O–H groups in total. The number of nitrogens with one attached hydrogen (secondary N) is 1. The van der Waals surface area contributed by atoms with Crippen LogP contribution in [0.3, 0.4) is 0 Å². The molecule has 2 aromatic rings. The fourth-order valence-corrected chi connectivity index (χ4v) is 4.13. The van der Waals surface area contributed by atoms with Gasteiger partial charge in [-0.1, -0.05) is 0 Å². The highest BCUT2D eigenvalue weighted by Gasteiger charge is 2.22. The third-order valence-corrected chi connectivity index (χ3v) is 6.59. The van der Waals surface area contributed by atoms with E-state index in [0.717, 1.165) is 19.8 Å². The third kappa shape index (κ3) is 3.82. The van der Waals surface area contributed by atoms with E-state index in [1.165, 1.54) is 31.5 Å². The molecule has 0 aliphatic heterocycles. The quantitative estimate of drug-likeness (QED) is 0.879. The van der Waals surface area contributed by atoms with E-state index in [-0.39, 0.29) is 10.8 Å². The van der Waals surface area contributed by atoms with Crippen molar-refractivity contribution in [2.75, 3.05) is 14.1 Å². The van der Waals surface area contributed by atoms with Gasteiger partial charge in [-0.3, -0.25) is 4.79 Å². The van der Waals surface area contributed by atoms with Crippen LogP contribution in [-0.2, 0) is 16.6 Å². The van der Waals surface area contributed by atoms with E-state index in [0.29, 0.717) is 17.7 Å². The van der Waals surface area contributed by atoms with Crippen LogP contribution in [0.4, 0.5) is 0 Å². The lowest BCUT2D eigenvalue weighted by Gasteiger charge is -2.16. The Balaban J connectivity index is 2.30. The number of rotatable bonds is 5. The van der Waals surface area contributed by atoms with E-state index in [1.807, 2.05) is 6.92 Å². The topological polar surface area (TPSA) is 79.4 Å². The standard InChI is InChI=1S/C16H21N3O3S2/c1-10-6-13(7-15(11(10)2)24(21,22)19(4)5)16(20)18-9-14-8-17-12(3)23-14/h6-8H,9H2,1-5H3,(H,18,20). The second-order valence-corrected chi connectivity index (χ2v) is 9.17. The SMILES string of the molecule is Cc1ncc(CNC(=O)c2cc(C)c(C)c(S(=O)(=O)N(C)C)c2)s1. The predicted molar refractivity (Wildman–Crippen MR) is 94.8 cm³/mol. The molecule has 24 heavy (non-hydrogen) atoms. The lowest BCUT2D eigenvalue weighted by molar-refractivity contribution is 0.0951. The number of hydrogen-bond acceptors (Lipinski definition) is 5. The number of aromatic nitrogens is 1. The minimum absolute atomic E-state index is 0.159. The van der Waals surface area contributed by atoms with Crippen molar-refractivity contribution in [2.45, 2.75) is 32.2 Å². The average molecular weight is 367 g/mol. The number of benzene rings is 1. The van der Waals surface area contributed by atoms with Crippen molar-refractivity contribution in [1.29, 1.82) is 0 Å². The number of hydrogen-bond donors (Lipinski definition) is 1. The molecule has 0 radical (unpaired) electrons. The molecule has 0 fully saturated rings. The highest BCUT2D eigenvalue weighted by Crippen LogP contribution is 2.23. The number of carbonyl (C=O) groups excluding carboxylic acids is 1. The van der Waals surface area contributed by atoms with E-state index in [2.05, 4.69) is 10.3 Å². The van der Waals surface area contributed by atoms with Crippen molar-refractivity contribution < 1.29 is 13.2 Å². The zero-order valence-corrected chi connectivity index (χ0v) is 16.0. The van der Waals surface area contributed by atoms with Gasteiger partial charge in [0.1, 0.15) is 0 Å². The molecule has 0 spiro atoms. The van der Waals surface area contributed by atoms with Crippen LogP contribution in [0.5, 0.6) is 0 Å². The number of amides is 1. The van der Waals surface area contributed by atoms with Gasteiger partial charge in [0.2, 0.25) is 10.0 Å². The Hall–Kier alpha value is -1.77. The van der Waals surface area contributed by atoms with Crippen LogP contribution in [0.15, 0.2) is 23.2 Å². The molecule has 6 nitrogen and oxygen atoms in total. The first-order chi connectivity index (χ1) is 11.1. The Morgan fingerprint density at radius 3 is 2.46 bits per heavy atom. The molecule has 0 unspecified atom stereocenters. The van der Waals surface area contributed by atoms with Crippen molar-refractivity contribution in [3.05, 3.63) is 44.9 Å². The van der Waals surface area contributed by atoms with Crippen molar-refractivity contribution in [1.82, 2.24) is 14.6 Å². The van der Waals surface area contributed by atoms with Gasteiger partial charge >= 0.3 is 0 Å². The van der Waals surface area contributed by atoms with Gasteiger partial charge in [-0.25, -0.2) is 17.7 Å². The number of carbonyl (C=O) groups is 1. The third-order valence-electron chi connectivity index (χ3n) is 3.73. The molecule has 1 heterocycles. The minimum Gasteiger partial charge on any atom is -0.347 e. The zero-order chi connectivity index (χ0) is 18.1. The zero-order valence-electron chi connectivity index (χ0n) is 14.4. The minimum atomic E-state index is -3.60. The highest BCUT2D eigenvalue weighted by atomic mass is 32.2. The number of aryl methyl sites for hydroxylation is 2. The van der Waals surface area contributed by atoms with E-state index in [4.69, 9.17) is 0 Å². The van der Waals surface area contributed by atoms with Crippen LogP contribution in [0.1, 0.15) is 31.4 Å². The van der Waals surface area contributed by atoms with Gasteiger partial charge in [-0.15, -0.1) is 11.3 Å². The summed E-state index contributed by atoms with van der Waals surface area (Å²) in [5.74, 6) is -0.306. The molecule has 1 aromatic heterocycles. The Kier molecular flexibility index (Phi) is 5.42. The molecule has 0 saturated carbocycles. The molecule has 0 bridgehead atoms. The summed E-state index contributed by atoms with van der Waals surface area (Å²) >= 11 is 1.51. The lowest BCUT2D eigenvalue weighted by Crippen LogP contribution is -2.26. The van der Waals surface area contributed by atoms with Gasteiger partial charge in [0.05, 0.1) is 16.4 Å². The van der Waals surface area contributed by atoms with Crippen molar-refractivity contribution >= 4 is 27.3 Å². The largest absolute Gasteiger partial charge is 0.347 e. The Morgan fingerprint density at radius 2 is 1.92 bits per heavy atom. The smallest absolute Gasteiger partial charge is 0.251 e. The molecule has 2 rings (SSSR count). The Morgan fingerprint density at radius 1 is 1.25 bits per heavy atom. The van der Waals surface area contributed by atoms with Gasteiger partial charge in [0, 0.05) is 30.7 Å². The predicted octanol–water partition coefficient (Wildman–Crippen LogP) is 2.25. The summed E-state index contributed by atoms with van der Waals surface area (Å²) in [6.07, 6.45) is 1.72. The second-order valence-electron chi connectivity index (χ2n) is 5.73. The molecule has 0 aliphatic rings. The van der Waals surface area contributed by atoms with Crippen LogP contribution in [0.25, 0.3) is 0 Å². The molecule has 1 amide bonds. The maximum atomic E-state index is 12.4. The fourth-order valence-electron chi connectivity index (χ4n) is 2.18. The molecule has 0 aliphatic carbocycles. The molecule has 130 valence electrons. The van der Waals surface area contributed by atoms with Crippen molar-refractivity contribution in [3.8, 4) is 0 Å². The molecule has 0 atom stereocenters. The lowest BCUT2D eigenvalue weighted by atomic mass is 10.1. The first-order valence-corrected chi connectivity index (χ1v) is 9.62. The molecule has 1 aromatic carbocycles.